The van der Waals surface area contributed by atoms with Gasteiger partial charge in [-0.1, -0.05) is 23.2 Å². The normalized spacial score (nSPS) is 13.8. The molecule has 6 heteroatoms. The van der Waals surface area contributed by atoms with Crippen molar-refractivity contribution < 1.29 is 8.42 Å². The molecule has 0 spiro atoms. The summed E-state index contributed by atoms with van der Waals surface area (Å²) in [4.78, 5) is 0. The molecule has 0 saturated heterocycles. The number of sulfone groups is 1. The standard InChI is InChI=1S/C4H3Cl2NO2S/c1-10(8,9)4(6)3(5)2-7/h1H3/b4-3-. The van der Waals surface area contributed by atoms with Gasteiger partial charge in [-0.2, -0.15) is 5.26 Å². The Morgan fingerprint density at radius 1 is 1.50 bits per heavy atom. The molecule has 0 amide bonds. The van der Waals surface area contributed by atoms with Gasteiger partial charge in [-0.05, 0) is 0 Å². The molecule has 3 nitrogen and oxygen atoms in total. The molecule has 0 bridgehead atoms. The maximum atomic E-state index is 10.5. The van der Waals surface area contributed by atoms with Gasteiger partial charge >= 0.3 is 0 Å². The van der Waals surface area contributed by atoms with Gasteiger partial charge in [-0.3, -0.25) is 0 Å². The van der Waals surface area contributed by atoms with Gasteiger partial charge in [-0.15, -0.1) is 0 Å². The van der Waals surface area contributed by atoms with Crippen LogP contribution in [-0.4, -0.2) is 14.7 Å². The van der Waals surface area contributed by atoms with Crippen LogP contribution in [-0.2, 0) is 9.84 Å². The van der Waals surface area contributed by atoms with Crippen molar-refractivity contribution in [1.29, 1.82) is 5.26 Å². The summed E-state index contributed by atoms with van der Waals surface area (Å²) in [6, 6.07) is 1.41. The molecular weight excluding hydrogens is 197 g/mol. The highest BCUT2D eigenvalue weighted by molar-refractivity contribution is 7.96. The number of hydrogen-bond acceptors (Lipinski definition) is 3. The van der Waals surface area contributed by atoms with Gasteiger partial charge in [0.05, 0.1) is 0 Å². The second-order valence-electron chi connectivity index (χ2n) is 1.47. The van der Waals surface area contributed by atoms with Crippen molar-refractivity contribution in [3.8, 4) is 6.07 Å². The average Bonchev–Trinajstić information content (AvgIpc) is 1.83. The first-order valence-electron chi connectivity index (χ1n) is 2.05. The predicted molar refractivity (Wildman–Crippen MR) is 39.2 cm³/mol. The SMILES string of the molecule is CS(=O)(=O)/C(Cl)=C(\Cl)C#N. The summed E-state index contributed by atoms with van der Waals surface area (Å²) in [7, 11) is -3.52. The summed E-state index contributed by atoms with van der Waals surface area (Å²) in [5.41, 5.74) is 0. The maximum absolute atomic E-state index is 10.5. The molecule has 0 unspecified atom stereocenters. The summed E-state index contributed by atoms with van der Waals surface area (Å²) >= 11 is 10.3. The molecule has 0 fully saturated rings. The Balaban J connectivity index is 5.09. The Morgan fingerprint density at radius 2 is 1.90 bits per heavy atom. The van der Waals surface area contributed by atoms with E-state index >= 15 is 0 Å². The third-order valence-electron chi connectivity index (χ3n) is 0.596. The summed E-state index contributed by atoms with van der Waals surface area (Å²) in [6.45, 7) is 0. The highest BCUT2D eigenvalue weighted by Gasteiger charge is 2.12. The number of allylic oxidation sites excluding steroid dienone is 1. The first kappa shape index (κ1) is 9.76. The molecule has 0 aromatic heterocycles. The molecule has 0 N–H and O–H groups in total. The molecule has 0 aliphatic heterocycles. The van der Waals surface area contributed by atoms with Gasteiger partial charge in [0.25, 0.3) is 0 Å². The van der Waals surface area contributed by atoms with Crippen molar-refractivity contribution >= 4 is 33.0 Å². The molecule has 0 atom stereocenters. The second kappa shape index (κ2) is 3.24. The molecule has 56 valence electrons. The van der Waals surface area contributed by atoms with Gasteiger partial charge < -0.3 is 0 Å². The third kappa shape index (κ3) is 2.56. The Hall–Kier alpha value is -0.240. The van der Waals surface area contributed by atoms with E-state index in [9.17, 15) is 8.42 Å². The quantitative estimate of drug-likeness (QED) is 0.597. The van der Waals surface area contributed by atoms with Crippen LogP contribution in [0.4, 0.5) is 0 Å². The minimum absolute atomic E-state index is 0.510. The van der Waals surface area contributed by atoms with E-state index in [0.29, 0.717) is 0 Å². The van der Waals surface area contributed by atoms with Crippen LogP contribution in [0.15, 0.2) is 9.40 Å². The number of rotatable bonds is 1. The van der Waals surface area contributed by atoms with E-state index < -0.39 is 19.2 Å². The summed E-state index contributed by atoms with van der Waals surface area (Å²) in [5.74, 6) is 0. The molecule has 0 aliphatic carbocycles. The summed E-state index contributed by atoms with van der Waals surface area (Å²) in [5, 5.41) is 7.57. The van der Waals surface area contributed by atoms with Crippen LogP contribution < -0.4 is 0 Å². The molecular formula is C4H3Cl2NO2S. The van der Waals surface area contributed by atoms with Crippen molar-refractivity contribution in [2.75, 3.05) is 6.26 Å². The molecule has 10 heavy (non-hydrogen) atoms. The number of nitriles is 1. The van der Waals surface area contributed by atoms with Crippen molar-refractivity contribution in [1.82, 2.24) is 0 Å². The van der Waals surface area contributed by atoms with Gasteiger partial charge in [-0.25, -0.2) is 8.42 Å². The number of nitrogens with zero attached hydrogens (tertiary/aromatic N) is 1. The Bertz CT molecular complexity index is 298. The minimum Gasteiger partial charge on any atom is -0.223 e. The molecule has 0 saturated carbocycles. The largest absolute Gasteiger partial charge is 0.223 e. The van der Waals surface area contributed by atoms with Gasteiger partial charge in [0.15, 0.2) is 14.2 Å². The molecule has 0 rings (SSSR count). The van der Waals surface area contributed by atoms with Crippen molar-refractivity contribution in [3.05, 3.63) is 9.40 Å². The fourth-order valence-electron chi connectivity index (χ4n) is 0.207. The molecule has 0 radical (unpaired) electrons. The lowest BCUT2D eigenvalue weighted by atomic mass is 10.7. The number of hydrogen-bond donors (Lipinski definition) is 0. The van der Waals surface area contributed by atoms with Gasteiger partial charge in [0, 0.05) is 6.26 Å². The van der Waals surface area contributed by atoms with E-state index in [1.54, 1.807) is 0 Å². The van der Waals surface area contributed by atoms with Crippen LogP contribution in [0.3, 0.4) is 0 Å². The van der Waals surface area contributed by atoms with Gasteiger partial charge in [0.1, 0.15) is 11.1 Å². The summed E-state index contributed by atoms with van der Waals surface area (Å²) < 4.78 is 20.4. The zero-order valence-electron chi connectivity index (χ0n) is 4.93. The predicted octanol–water partition coefficient (Wildman–Crippen LogP) is 1.20. The van der Waals surface area contributed by atoms with Crippen LogP contribution >= 0.6 is 23.2 Å². The van der Waals surface area contributed by atoms with E-state index in [-0.39, 0.29) is 0 Å². The Kier molecular flexibility index (Phi) is 3.16. The number of halogens is 2. The van der Waals surface area contributed by atoms with Crippen molar-refractivity contribution in [3.63, 3.8) is 0 Å². The smallest absolute Gasteiger partial charge is 0.188 e. The van der Waals surface area contributed by atoms with Crippen molar-refractivity contribution in [2.45, 2.75) is 0 Å². The Labute approximate surface area is 68.8 Å². The topological polar surface area (TPSA) is 57.9 Å². The zero-order valence-corrected chi connectivity index (χ0v) is 7.26. The molecule has 0 aromatic carbocycles. The van der Waals surface area contributed by atoms with Crippen LogP contribution in [0, 0.1) is 11.3 Å². The van der Waals surface area contributed by atoms with Crippen molar-refractivity contribution in [2.24, 2.45) is 0 Å². The summed E-state index contributed by atoms with van der Waals surface area (Å²) in [6.07, 6.45) is 0.870. The van der Waals surface area contributed by atoms with Crippen LogP contribution in [0.1, 0.15) is 0 Å². The highest BCUT2D eigenvalue weighted by atomic mass is 35.5. The average molecular weight is 200 g/mol. The third-order valence-corrected chi connectivity index (χ3v) is 2.96. The molecule has 0 aromatic rings. The zero-order chi connectivity index (χ0) is 8.36. The first-order valence-corrected chi connectivity index (χ1v) is 4.69. The van der Waals surface area contributed by atoms with Crippen LogP contribution in [0.25, 0.3) is 0 Å². The van der Waals surface area contributed by atoms with Crippen LogP contribution in [0.5, 0.6) is 0 Å². The monoisotopic (exact) mass is 199 g/mol. The highest BCUT2D eigenvalue weighted by Crippen LogP contribution is 2.17. The lowest BCUT2D eigenvalue weighted by Gasteiger charge is -1.91. The van der Waals surface area contributed by atoms with Gasteiger partial charge in [0.2, 0.25) is 0 Å². The van der Waals surface area contributed by atoms with E-state index in [1.165, 1.54) is 6.07 Å². The maximum Gasteiger partial charge on any atom is 0.188 e. The molecule has 0 heterocycles. The van der Waals surface area contributed by atoms with E-state index in [4.69, 9.17) is 28.5 Å². The lowest BCUT2D eigenvalue weighted by molar-refractivity contribution is 0.609. The fraction of sp³-hybridized carbons (Fsp3) is 0.250. The minimum atomic E-state index is -3.52. The Morgan fingerprint density at radius 3 is 2.00 bits per heavy atom. The van der Waals surface area contributed by atoms with E-state index in [2.05, 4.69) is 0 Å². The fourth-order valence-corrected chi connectivity index (χ4v) is 1.04. The van der Waals surface area contributed by atoms with E-state index in [1.807, 2.05) is 0 Å². The van der Waals surface area contributed by atoms with E-state index in [0.717, 1.165) is 6.26 Å². The molecule has 0 aliphatic rings. The first-order chi connectivity index (χ1) is 4.39. The second-order valence-corrected chi connectivity index (χ2v) is 4.40. The lowest BCUT2D eigenvalue weighted by Crippen LogP contribution is -1.95. The van der Waals surface area contributed by atoms with Crippen LogP contribution in [0.2, 0.25) is 0 Å².